The fraction of sp³-hybridized carbons (Fsp3) is 0.462. The zero-order chi connectivity index (χ0) is 16.6. The molecule has 8 nitrogen and oxygen atoms in total. The van der Waals surface area contributed by atoms with E-state index in [1.165, 1.54) is 5.56 Å². The third kappa shape index (κ3) is 7.02. The van der Waals surface area contributed by atoms with Crippen LogP contribution in [0.25, 0.3) is 0 Å². The van der Waals surface area contributed by atoms with Crippen molar-refractivity contribution in [2.75, 3.05) is 6.61 Å². The second kappa shape index (κ2) is 9.27. The summed E-state index contributed by atoms with van der Waals surface area (Å²) < 4.78 is 0. The minimum absolute atomic E-state index is 0.329. The number of aliphatic carboxylic acids is 1. The predicted molar refractivity (Wildman–Crippen MR) is 71.6 cm³/mol. The summed E-state index contributed by atoms with van der Waals surface area (Å²) in [6, 6.07) is 7.09. The Morgan fingerprint density at radius 2 is 1.52 bits per heavy atom. The van der Waals surface area contributed by atoms with Gasteiger partial charge in [0, 0.05) is 0 Å². The predicted octanol–water partition coefficient (Wildman–Crippen LogP) is -1.79. The molecule has 0 saturated heterocycles. The first-order valence-corrected chi connectivity index (χ1v) is 6.02. The lowest BCUT2D eigenvalue weighted by atomic mass is 10.0. The molecule has 0 bridgehead atoms. The number of hydrogen-bond acceptors (Lipinski definition) is 7. The minimum Gasteiger partial charge on any atom is -0.508 e. The highest BCUT2D eigenvalue weighted by molar-refractivity contribution is 5.72. The molecular formula is C13H20O8. The highest BCUT2D eigenvalue weighted by atomic mass is 16.4. The molecule has 8 heteroatoms. The molecule has 0 aromatic heterocycles. The summed E-state index contributed by atoms with van der Waals surface area (Å²) in [6.45, 7) is 1.14. The van der Waals surface area contributed by atoms with Gasteiger partial charge in [-0.1, -0.05) is 17.7 Å². The summed E-state index contributed by atoms with van der Waals surface area (Å²) in [7, 11) is 0. The van der Waals surface area contributed by atoms with Crippen LogP contribution in [0.5, 0.6) is 5.75 Å². The van der Waals surface area contributed by atoms with Gasteiger partial charge in [0.05, 0.1) is 6.61 Å². The van der Waals surface area contributed by atoms with Gasteiger partial charge < -0.3 is 35.7 Å². The van der Waals surface area contributed by atoms with Gasteiger partial charge in [0.25, 0.3) is 0 Å². The lowest BCUT2D eigenvalue weighted by Gasteiger charge is -2.23. The zero-order valence-electron chi connectivity index (χ0n) is 11.4. The number of carbonyl (C=O) groups is 1. The lowest BCUT2D eigenvalue weighted by Crippen LogP contribution is -2.48. The molecule has 0 saturated carbocycles. The first-order valence-electron chi connectivity index (χ1n) is 6.02. The van der Waals surface area contributed by atoms with Crippen LogP contribution in [0, 0.1) is 6.92 Å². The Hall–Kier alpha value is -1.71. The number of carboxylic acid groups (broad SMARTS) is 1. The van der Waals surface area contributed by atoms with Crippen molar-refractivity contribution >= 4 is 5.97 Å². The van der Waals surface area contributed by atoms with Crippen molar-refractivity contribution in [2.45, 2.75) is 31.3 Å². The highest BCUT2D eigenvalue weighted by Crippen LogP contribution is 2.07. The third-order valence-electron chi connectivity index (χ3n) is 2.54. The maximum absolute atomic E-state index is 10.1. The molecule has 1 rings (SSSR count). The first-order chi connectivity index (χ1) is 9.70. The van der Waals surface area contributed by atoms with Crippen LogP contribution in [-0.4, -0.2) is 72.7 Å². The molecule has 0 fully saturated rings. The number of aliphatic hydroxyl groups excluding tert-OH is 5. The Kier molecular flexibility index (Phi) is 8.51. The Balaban J connectivity index is 0.000000423. The quantitative estimate of drug-likeness (QED) is 0.336. The van der Waals surface area contributed by atoms with E-state index in [0.717, 1.165) is 0 Å². The molecule has 0 spiro atoms. The van der Waals surface area contributed by atoms with Crippen molar-refractivity contribution in [3.63, 3.8) is 0 Å². The van der Waals surface area contributed by atoms with Crippen LogP contribution in [0.4, 0.5) is 0 Å². The average Bonchev–Trinajstić information content (AvgIpc) is 2.47. The van der Waals surface area contributed by atoms with E-state index >= 15 is 0 Å². The average molecular weight is 304 g/mol. The van der Waals surface area contributed by atoms with E-state index in [-0.39, 0.29) is 0 Å². The van der Waals surface area contributed by atoms with Crippen molar-refractivity contribution < 1.29 is 40.5 Å². The van der Waals surface area contributed by atoms with Crippen LogP contribution in [-0.2, 0) is 4.79 Å². The maximum atomic E-state index is 10.1. The van der Waals surface area contributed by atoms with E-state index < -0.39 is 37.0 Å². The number of rotatable bonds is 5. The van der Waals surface area contributed by atoms with Gasteiger partial charge >= 0.3 is 5.97 Å². The fourth-order valence-corrected chi connectivity index (χ4v) is 1.21. The number of aryl methyl sites for hydroxylation is 1. The van der Waals surface area contributed by atoms with Gasteiger partial charge in [-0.2, -0.15) is 0 Å². The van der Waals surface area contributed by atoms with Gasteiger partial charge in [0.15, 0.2) is 6.10 Å². The summed E-state index contributed by atoms with van der Waals surface area (Å²) in [5, 5.41) is 60.6. The molecule has 0 radical (unpaired) electrons. The zero-order valence-corrected chi connectivity index (χ0v) is 11.4. The van der Waals surface area contributed by atoms with E-state index in [1.807, 2.05) is 19.1 Å². The van der Waals surface area contributed by atoms with Crippen molar-refractivity contribution in [1.82, 2.24) is 0 Å². The van der Waals surface area contributed by atoms with Gasteiger partial charge in [0.1, 0.15) is 24.1 Å². The molecule has 120 valence electrons. The van der Waals surface area contributed by atoms with Crippen LogP contribution in [0.2, 0.25) is 0 Å². The van der Waals surface area contributed by atoms with Gasteiger partial charge in [-0.3, -0.25) is 0 Å². The van der Waals surface area contributed by atoms with Gasteiger partial charge in [0.2, 0.25) is 0 Å². The highest BCUT2D eigenvalue weighted by Gasteiger charge is 2.33. The van der Waals surface area contributed by atoms with E-state index in [4.69, 9.17) is 35.7 Å². The number of aliphatic hydroxyl groups is 5. The number of hydrogen-bond donors (Lipinski definition) is 7. The Morgan fingerprint density at radius 3 is 1.86 bits per heavy atom. The van der Waals surface area contributed by atoms with Gasteiger partial charge in [-0.05, 0) is 19.1 Å². The second-order valence-electron chi connectivity index (χ2n) is 4.35. The standard InChI is InChI=1S/C7H8O.C6H12O7/c1-6-2-4-7(8)5-3-6;7-1-2(8)3(9)4(10)5(11)6(12)13/h2-5,8H,1H3;2-5,7-11H,1H2,(H,12,13). The molecule has 7 N–H and O–H groups in total. The summed E-state index contributed by atoms with van der Waals surface area (Å²) in [5.74, 6) is -1.40. The molecule has 4 unspecified atom stereocenters. The number of phenols is 1. The molecule has 21 heavy (non-hydrogen) atoms. The smallest absolute Gasteiger partial charge is 0.335 e. The topological polar surface area (TPSA) is 159 Å². The molecule has 0 aliphatic carbocycles. The van der Waals surface area contributed by atoms with Crippen molar-refractivity contribution in [1.29, 1.82) is 0 Å². The van der Waals surface area contributed by atoms with Crippen LogP contribution in [0.1, 0.15) is 5.56 Å². The maximum Gasteiger partial charge on any atom is 0.335 e. The van der Waals surface area contributed by atoms with Gasteiger partial charge in [-0.15, -0.1) is 0 Å². The summed E-state index contributed by atoms with van der Waals surface area (Å²) in [5.41, 5.74) is 1.17. The largest absolute Gasteiger partial charge is 0.508 e. The van der Waals surface area contributed by atoms with Crippen molar-refractivity contribution in [3.8, 4) is 5.75 Å². The first kappa shape index (κ1) is 19.3. The summed E-state index contributed by atoms with van der Waals surface area (Å²) >= 11 is 0. The Labute approximate surface area is 121 Å². The van der Waals surface area contributed by atoms with E-state index in [0.29, 0.717) is 5.75 Å². The van der Waals surface area contributed by atoms with E-state index in [1.54, 1.807) is 12.1 Å². The number of benzene rings is 1. The number of phenolic OH excluding ortho intramolecular Hbond substituents is 1. The van der Waals surface area contributed by atoms with E-state index in [9.17, 15) is 4.79 Å². The molecule has 0 aliphatic rings. The molecule has 1 aromatic carbocycles. The molecule has 1 aromatic rings. The summed E-state index contributed by atoms with van der Waals surface area (Å²) in [4.78, 5) is 10.1. The lowest BCUT2D eigenvalue weighted by molar-refractivity contribution is -0.164. The fourth-order valence-electron chi connectivity index (χ4n) is 1.21. The van der Waals surface area contributed by atoms with Crippen LogP contribution in [0.15, 0.2) is 24.3 Å². The summed E-state index contributed by atoms with van der Waals surface area (Å²) in [6.07, 6.45) is -7.84. The normalized spacial score (nSPS) is 16.1. The van der Waals surface area contributed by atoms with Crippen molar-refractivity contribution in [3.05, 3.63) is 29.8 Å². The van der Waals surface area contributed by atoms with E-state index in [2.05, 4.69) is 0 Å². The van der Waals surface area contributed by atoms with Crippen LogP contribution >= 0.6 is 0 Å². The monoisotopic (exact) mass is 304 g/mol. The molecular weight excluding hydrogens is 284 g/mol. The number of carboxylic acids is 1. The van der Waals surface area contributed by atoms with Crippen LogP contribution in [0.3, 0.4) is 0 Å². The van der Waals surface area contributed by atoms with Crippen molar-refractivity contribution in [2.24, 2.45) is 0 Å². The molecule has 0 aliphatic heterocycles. The molecule has 0 amide bonds. The van der Waals surface area contributed by atoms with Crippen LogP contribution < -0.4 is 0 Å². The SMILES string of the molecule is Cc1ccc(O)cc1.O=C(O)C(O)C(O)C(O)C(O)CO. The number of aromatic hydroxyl groups is 1. The second-order valence-corrected chi connectivity index (χ2v) is 4.35. The molecule has 0 heterocycles. The Bertz CT molecular complexity index is 398. The van der Waals surface area contributed by atoms with Gasteiger partial charge in [-0.25, -0.2) is 4.79 Å². The third-order valence-corrected chi connectivity index (χ3v) is 2.54. The Morgan fingerprint density at radius 1 is 1.05 bits per heavy atom. The molecule has 4 atom stereocenters. The minimum atomic E-state index is -2.20.